The Balaban J connectivity index is 2.21. The molecule has 2 heterocycles. The highest BCUT2D eigenvalue weighted by Crippen LogP contribution is 2.31. The van der Waals surface area contributed by atoms with E-state index in [1.807, 2.05) is 11.8 Å². The largest absolute Gasteiger partial charge is 0.321 e. The summed E-state index contributed by atoms with van der Waals surface area (Å²) in [6.45, 7) is 9.36. The molecule has 1 aliphatic rings. The summed E-state index contributed by atoms with van der Waals surface area (Å²) in [6, 6.07) is 2.02. The van der Waals surface area contributed by atoms with Gasteiger partial charge < -0.3 is 4.90 Å². The number of carbonyl (C=O) groups excluding carboxylic acids is 1. The number of nitrogens with one attached hydrogen (secondary N) is 1. The average molecular weight is 266 g/mol. The second-order valence-corrected chi connectivity index (χ2v) is 6.61. The van der Waals surface area contributed by atoms with Gasteiger partial charge in [-0.2, -0.15) is 11.3 Å². The van der Waals surface area contributed by atoms with Gasteiger partial charge >= 0.3 is 0 Å². The van der Waals surface area contributed by atoms with Crippen LogP contribution in [0.4, 0.5) is 0 Å². The van der Waals surface area contributed by atoms with Gasteiger partial charge in [0.25, 0.3) is 0 Å². The van der Waals surface area contributed by atoms with Crippen molar-refractivity contribution >= 4 is 17.2 Å². The second-order valence-electron chi connectivity index (χ2n) is 5.83. The molecular weight excluding hydrogens is 244 g/mol. The Morgan fingerprint density at radius 3 is 2.78 bits per heavy atom. The van der Waals surface area contributed by atoms with Crippen LogP contribution in [0, 0.1) is 5.41 Å². The number of hydrogen-bond donors (Lipinski definition) is 1. The number of thiophene rings is 1. The lowest BCUT2D eigenvalue weighted by Crippen LogP contribution is -2.38. The van der Waals surface area contributed by atoms with Gasteiger partial charge in [-0.25, -0.2) is 0 Å². The van der Waals surface area contributed by atoms with Crippen molar-refractivity contribution in [1.29, 1.82) is 0 Å². The maximum absolute atomic E-state index is 12.3. The lowest BCUT2D eigenvalue weighted by Gasteiger charge is -2.32. The van der Waals surface area contributed by atoms with E-state index in [0.717, 1.165) is 13.0 Å². The number of nitrogens with zero attached hydrogens (tertiary/aromatic N) is 1. The highest BCUT2D eigenvalue weighted by molar-refractivity contribution is 7.07. The minimum atomic E-state index is -0.0810. The Morgan fingerprint density at radius 1 is 1.50 bits per heavy atom. The van der Waals surface area contributed by atoms with Crippen molar-refractivity contribution in [2.45, 2.75) is 46.3 Å². The van der Waals surface area contributed by atoms with Crippen molar-refractivity contribution in [3.8, 4) is 0 Å². The van der Waals surface area contributed by atoms with Gasteiger partial charge in [0, 0.05) is 6.54 Å². The van der Waals surface area contributed by atoms with E-state index in [0.29, 0.717) is 0 Å². The first-order chi connectivity index (χ1) is 8.44. The molecule has 0 spiro atoms. The molecule has 1 aromatic rings. The van der Waals surface area contributed by atoms with Crippen LogP contribution in [-0.2, 0) is 4.79 Å². The zero-order chi connectivity index (χ0) is 13.3. The molecule has 0 bridgehead atoms. The number of amides is 1. The van der Waals surface area contributed by atoms with Crippen LogP contribution in [0.15, 0.2) is 16.8 Å². The second kappa shape index (κ2) is 5.02. The number of carbonyl (C=O) groups is 1. The number of hydrogen-bond acceptors (Lipinski definition) is 3. The molecule has 0 radical (unpaired) electrons. The monoisotopic (exact) mass is 266 g/mol. The quantitative estimate of drug-likeness (QED) is 0.908. The van der Waals surface area contributed by atoms with Crippen LogP contribution < -0.4 is 5.32 Å². The zero-order valence-electron chi connectivity index (χ0n) is 11.6. The summed E-state index contributed by atoms with van der Waals surface area (Å²) in [5.74, 6) is 0.215. The van der Waals surface area contributed by atoms with E-state index in [2.05, 4.69) is 42.9 Å². The van der Waals surface area contributed by atoms with Crippen molar-refractivity contribution < 1.29 is 4.79 Å². The van der Waals surface area contributed by atoms with Crippen LogP contribution in [0.25, 0.3) is 0 Å². The molecule has 2 atom stereocenters. The lowest BCUT2D eigenvalue weighted by molar-refractivity contribution is -0.131. The molecule has 100 valence electrons. The van der Waals surface area contributed by atoms with Crippen molar-refractivity contribution in [2.24, 2.45) is 5.41 Å². The smallest absolute Gasteiger partial charge is 0.241 e. The first-order valence-electron chi connectivity index (χ1n) is 6.53. The average Bonchev–Trinajstić information content (AvgIpc) is 2.93. The Labute approximate surface area is 113 Å². The molecule has 18 heavy (non-hydrogen) atoms. The molecule has 1 saturated heterocycles. The molecule has 3 nitrogen and oxygen atoms in total. The van der Waals surface area contributed by atoms with E-state index < -0.39 is 0 Å². The van der Waals surface area contributed by atoms with Crippen LogP contribution >= 0.6 is 11.3 Å². The Morgan fingerprint density at radius 2 is 2.22 bits per heavy atom. The SMILES string of the molecule is CCC(C)(C)CN1C(=O)C(C)NC1c1ccsc1. The van der Waals surface area contributed by atoms with E-state index in [1.54, 1.807) is 11.3 Å². The van der Waals surface area contributed by atoms with Gasteiger partial charge in [-0.15, -0.1) is 0 Å². The predicted molar refractivity (Wildman–Crippen MR) is 75.4 cm³/mol. The fraction of sp³-hybridized carbons (Fsp3) is 0.643. The molecular formula is C14H22N2OS. The summed E-state index contributed by atoms with van der Waals surface area (Å²) in [7, 11) is 0. The molecule has 2 rings (SSSR count). The van der Waals surface area contributed by atoms with E-state index in [4.69, 9.17) is 0 Å². The molecule has 1 aromatic heterocycles. The maximum Gasteiger partial charge on any atom is 0.241 e. The summed E-state index contributed by atoms with van der Waals surface area (Å²) < 4.78 is 0. The van der Waals surface area contributed by atoms with Gasteiger partial charge in [0.05, 0.1) is 6.04 Å². The number of rotatable bonds is 4. The fourth-order valence-corrected chi connectivity index (χ4v) is 2.90. The third kappa shape index (κ3) is 2.59. The molecule has 1 amide bonds. The zero-order valence-corrected chi connectivity index (χ0v) is 12.4. The highest BCUT2D eigenvalue weighted by atomic mass is 32.1. The van der Waals surface area contributed by atoms with E-state index in [9.17, 15) is 4.79 Å². The molecule has 0 aliphatic carbocycles. The van der Waals surface area contributed by atoms with Crippen LogP contribution in [0.2, 0.25) is 0 Å². The Bertz CT molecular complexity index is 413. The van der Waals surface area contributed by atoms with Crippen LogP contribution in [0.1, 0.15) is 45.8 Å². The van der Waals surface area contributed by atoms with Gasteiger partial charge in [0.2, 0.25) is 5.91 Å². The molecule has 0 saturated carbocycles. The topological polar surface area (TPSA) is 32.3 Å². The van der Waals surface area contributed by atoms with Crippen molar-refractivity contribution in [1.82, 2.24) is 10.2 Å². The van der Waals surface area contributed by atoms with Gasteiger partial charge in [-0.05, 0) is 41.1 Å². The normalized spacial score (nSPS) is 24.9. The molecule has 2 unspecified atom stereocenters. The Kier molecular flexibility index (Phi) is 3.78. The van der Waals surface area contributed by atoms with Gasteiger partial charge in [0.1, 0.15) is 6.17 Å². The van der Waals surface area contributed by atoms with Crippen molar-refractivity contribution in [3.05, 3.63) is 22.4 Å². The molecule has 1 N–H and O–H groups in total. The van der Waals surface area contributed by atoms with Gasteiger partial charge in [-0.1, -0.05) is 20.8 Å². The molecule has 0 aromatic carbocycles. The maximum atomic E-state index is 12.3. The first-order valence-corrected chi connectivity index (χ1v) is 7.47. The third-order valence-electron chi connectivity index (χ3n) is 3.79. The van der Waals surface area contributed by atoms with Crippen molar-refractivity contribution in [3.63, 3.8) is 0 Å². The van der Waals surface area contributed by atoms with E-state index in [-0.39, 0.29) is 23.5 Å². The van der Waals surface area contributed by atoms with Crippen molar-refractivity contribution in [2.75, 3.05) is 6.54 Å². The van der Waals surface area contributed by atoms with Gasteiger partial charge in [-0.3, -0.25) is 10.1 Å². The van der Waals surface area contributed by atoms with Gasteiger partial charge in [0.15, 0.2) is 0 Å². The molecule has 1 aliphatic heterocycles. The summed E-state index contributed by atoms with van der Waals surface area (Å²) in [5, 5.41) is 7.57. The van der Waals surface area contributed by atoms with Crippen LogP contribution in [-0.4, -0.2) is 23.4 Å². The van der Waals surface area contributed by atoms with Crippen LogP contribution in [0.5, 0.6) is 0 Å². The van der Waals surface area contributed by atoms with E-state index >= 15 is 0 Å². The summed E-state index contributed by atoms with van der Waals surface area (Å²) >= 11 is 1.68. The predicted octanol–water partition coefficient (Wildman–Crippen LogP) is 3.00. The minimum Gasteiger partial charge on any atom is -0.321 e. The minimum absolute atomic E-state index is 0.0459. The third-order valence-corrected chi connectivity index (χ3v) is 4.49. The first kappa shape index (κ1) is 13.6. The van der Waals surface area contributed by atoms with E-state index in [1.165, 1.54) is 5.56 Å². The molecule has 1 fully saturated rings. The summed E-state index contributed by atoms with van der Waals surface area (Å²) in [6.07, 6.45) is 1.12. The molecule has 4 heteroatoms. The summed E-state index contributed by atoms with van der Waals surface area (Å²) in [5.41, 5.74) is 1.36. The Hall–Kier alpha value is -0.870. The summed E-state index contributed by atoms with van der Waals surface area (Å²) in [4.78, 5) is 14.3. The van der Waals surface area contributed by atoms with Crippen LogP contribution in [0.3, 0.4) is 0 Å². The standard InChI is InChI=1S/C14H22N2OS/c1-5-14(3,4)9-16-12(11-6-7-18-8-11)15-10(2)13(16)17/h6-8,10,12,15H,5,9H2,1-4H3. The lowest BCUT2D eigenvalue weighted by atomic mass is 9.89. The fourth-order valence-electron chi connectivity index (χ4n) is 2.22. The highest BCUT2D eigenvalue weighted by Gasteiger charge is 2.39.